The van der Waals surface area contributed by atoms with E-state index in [0.29, 0.717) is 11.8 Å². The first-order valence-electron chi connectivity index (χ1n) is 10.1. The molecule has 0 spiro atoms. The first kappa shape index (κ1) is 18.7. The number of oxazole rings is 1. The molecular weight excluding hydrogens is 358 g/mol. The van der Waals surface area contributed by atoms with E-state index >= 15 is 0 Å². The van der Waals surface area contributed by atoms with Gasteiger partial charge in [0.05, 0.1) is 10.6 Å². The molecule has 1 amide bonds. The number of hydrogen-bond acceptors (Lipinski definition) is 5. The summed E-state index contributed by atoms with van der Waals surface area (Å²) in [6, 6.07) is 4.06. The van der Waals surface area contributed by atoms with Gasteiger partial charge in [0.1, 0.15) is 5.76 Å². The third-order valence-electron chi connectivity index (χ3n) is 5.90. The maximum Gasteiger partial charge on any atom is 0.236 e. The second-order valence-corrected chi connectivity index (χ2v) is 9.03. The van der Waals surface area contributed by atoms with E-state index in [1.165, 1.54) is 6.42 Å². The molecule has 1 unspecified atom stereocenters. The second-order valence-electron chi connectivity index (χ2n) is 8.08. The summed E-state index contributed by atoms with van der Waals surface area (Å²) in [6.07, 6.45) is 4.33. The third kappa shape index (κ3) is 4.27. The van der Waals surface area contributed by atoms with Crippen LogP contribution in [0.5, 0.6) is 0 Å². The van der Waals surface area contributed by atoms with Gasteiger partial charge in [0, 0.05) is 25.6 Å². The highest BCUT2D eigenvalue weighted by Crippen LogP contribution is 2.28. The molecule has 2 aromatic rings. The molecule has 2 fully saturated rings. The second kappa shape index (κ2) is 8.15. The summed E-state index contributed by atoms with van der Waals surface area (Å²) in [6.45, 7) is 8.87. The maximum atomic E-state index is 12.8. The van der Waals surface area contributed by atoms with Crippen molar-refractivity contribution in [3.8, 4) is 10.8 Å². The average Bonchev–Trinajstić information content (AvgIpc) is 3.32. The molecule has 2 aromatic heterocycles. The Kier molecular flexibility index (Phi) is 5.64. The molecule has 0 N–H and O–H groups in total. The third-order valence-corrected chi connectivity index (χ3v) is 6.76. The molecule has 0 aliphatic carbocycles. The summed E-state index contributed by atoms with van der Waals surface area (Å²) in [5.74, 6) is 2.86. The summed E-state index contributed by atoms with van der Waals surface area (Å²) in [4.78, 5) is 23.1. The highest BCUT2D eigenvalue weighted by atomic mass is 32.1. The van der Waals surface area contributed by atoms with E-state index in [4.69, 9.17) is 9.40 Å². The number of aryl methyl sites for hydroxylation is 1. The minimum atomic E-state index is 0.201. The van der Waals surface area contributed by atoms with E-state index in [-0.39, 0.29) is 5.92 Å². The van der Waals surface area contributed by atoms with Crippen LogP contribution in [0.4, 0.5) is 0 Å². The summed E-state index contributed by atoms with van der Waals surface area (Å²) >= 11 is 1.65. The molecule has 5 nitrogen and oxygen atoms in total. The molecular formula is C21H29N3O2S. The Morgan fingerprint density at radius 2 is 2.11 bits per heavy atom. The van der Waals surface area contributed by atoms with E-state index in [1.54, 1.807) is 11.3 Å². The topological polar surface area (TPSA) is 49.6 Å². The smallest absolute Gasteiger partial charge is 0.236 e. The van der Waals surface area contributed by atoms with Crippen LogP contribution in [-0.4, -0.2) is 46.9 Å². The van der Waals surface area contributed by atoms with E-state index in [1.807, 2.05) is 24.4 Å². The summed E-state index contributed by atoms with van der Waals surface area (Å²) in [5, 5.41) is 2.04. The zero-order valence-electron chi connectivity index (χ0n) is 16.3. The van der Waals surface area contributed by atoms with Gasteiger partial charge in [-0.2, -0.15) is 0 Å². The van der Waals surface area contributed by atoms with Crippen molar-refractivity contribution in [1.82, 2.24) is 14.8 Å². The Labute approximate surface area is 165 Å². The van der Waals surface area contributed by atoms with Crippen LogP contribution < -0.4 is 0 Å². The van der Waals surface area contributed by atoms with Gasteiger partial charge in [-0.05, 0) is 63.1 Å². The quantitative estimate of drug-likeness (QED) is 0.790. The monoisotopic (exact) mass is 387 g/mol. The number of amides is 1. The molecule has 0 saturated carbocycles. The fourth-order valence-corrected chi connectivity index (χ4v) is 4.93. The highest BCUT2D eigenvalue weighted by molar-refractivity contribution is 7.13. The predicted molar refractivity (Wildman–Crippen MR) is 108 cm³/mol. The largest absolute Gasteiger partial charge is 0.440 e. The van der Waals surface area contributed by atoms with Crippen LogP contribution in [-0.2, 0) is 11.3 Å². The van der Waals surface area contributed by atoms with Crippen LogP contribution in [0.1, 0.15) is 44.1 Å². The Hall–Kier alpha value is -1.66. The molecule has 2 aliphatic heterocycles. The van der Waals surface area contributed by atoms with Crippen molar-refractivity contribution in [2.24, 2.45) is 11.8 Å². The van der Waals surface area contributed by atoms with Gasteiger partial charge < -0.3 is 9.32 Å². The van der Waals surface area contributed by atoms with Gasteiger partial charge in [-0.3, -0.25) is 9.69 Å². The van der Waals surface area contributed by atoms with Crippen molar-refractivity contribution in [3.63, 3.8) is 0 Å². The maximum absolute atomic E-state index is 12.8. The van der Waals surface area contributed by atoms with E-state index < -0.39 is 0 Å². The van der Waals surface area contributed by atoms with Gasteiger partial charge in [-0.25, -0.2) is 4.98 Å². The van der Waals surface area contributed by atoms with Crippen molar-refractivity contribution in [1.29, 1.82) is 0 Å². The lowest BCUT2D eigenvalue weighted by molar-refractivity contribution is -0.138. The Bertz CT molecular complexity index is 762. The number of nitrogens with zero attached hydrogens (tertiary/aromatic N) is 3. The first-order chi connectivity index (χ1) is 13.1. The van der Waals surface area contributed by atoms with Crippen LogP contribution in [0.15, 0.2) is 21.9 Å². The number of hydrogen-bond donors (Lipinski definition) is 0. The molecule has 2 saturated heterocycles. The minimum absolute atomic E-state index is 0.201. The Balaban J connectivity index is 1.31. The number of rotatable bonds is 4. The van der Waals surface area contributed by atoms with Crippen LogP contribution in [0, 0.1) is 18.8 Å². The normalized spacial score (nSPS) is 22.3. The fourth-order valence-electron chi connectivity index (χ4n) is 4.28. The molecule has 2 aliphatic rings. The molecule has 27 heavy (non-hydrogen) atoms. The van der Waals surface area contributed by atoms with Gasteiger partial charge in [-0.15, -0.1) is 11.3 Å². The highest BCUT2D eigenvalue weighted by Gasteiger charge is 2.31. The van der Waals surface area contributed by atoms with E-state index in [2.05, 4.69) is 16.7 Å². The molecule has 4 rings (SSSR count). The summed E-state index contributed by atoms with van der Waals surface area (Å²) in [5.41, 5.74) is 1.02. The zero-order chi connectivity index (χ0) is 18.8. The Morgan fingerprint density at radius 3 is 2.81 bits per heavy atom. The van der Waals surface area contributed by atoms with Crippen molar-refractivity contribution >= 4 is 17.2 Å². The lowest BCUT2D eigenvalue weighted by atomic mass is 9.92. The predicted octanol–water partition coefficient (Wildman–Crippen LogP) is 4.18. The lowest BCUT2D eigenvalue weighted by Gasteiger charge is -2.37. The Morgan fingerprint density at radius 1 is 1.30 bits per heavy atom. The van der Waals surface area contributed by atoms with Crippen molar-refractivity contribution in [2.75, 3.05) is 26.2 Å². The van der Waals surface area contributed by atoms with Gasteiger partial charge in [0.25, 0.3) is 0 Å². The van der Waals surface area contributed by atoms with Crippen molar-refractivity contribution in [3.05, 3.63) is 29.0 Å². The molecule has 0 bridgehead atoms. The van der Waals surface area contributed by atoms with Gasteiger partial charge in [0.15, 0.2) is 0 Å². The minimum Gasteiger partial charge on any atom is -0.440 e. The standard InChI is InChI=1S/C21H29N3O2S/c1-15-5-3-9-24(13-15)21(25)17-7-10-23(11-8-17)14-18-16(2)26-20(22-18)19-6-4-12-27-19/h4,6,12,15,17H,3,5,7-11,13-14H2,1-2H3. The number of thiophene rings is 1. The summed E-state index contributed by atoms with van der Waals surface area (Å²) < 4.78 is 5.86. The first-order valence-corrected chi connectivity index (χ1v) is 11.0. The van der Waals surface area contributed by atoms with Gasteiger partial charge in [0.2, 0.25) is 11.8 Å². The molecule has 0 radical (unpaired) electrons. The van der Waals surface area contributed by atoms with Crippen molar-refractivity contribution < 1.29 is 9.21 Å². The van der Waals surface area contributed by atoms with Gasteiger partial charge in [-0.1, -0.05) is 13.0 Å². The molecule has 146 valence electrons. The van der Waals surface area contributed by atoms with Crippen LogP contribution in [0.25, 0.3) is 10.8 Å². The molecule has 6 heteroatoms. The van der Waals surface area contributed by atoms with Crippen LogP contribution in [0.2, 0.25) is 0 Å². The van der Waals surface area contributed by atoms with Crippen molar-refractivity contribution in [2.45, 2.75) is 46.1 Å². The SMILES string of the molecule is Cc1oc(-c2cccs2)nc1CN1CCC(C(=O)N2CCCC(C)C2)CC1. The number of aromatic nitrogens is 1. The molecule has 4 heterocycles. The number of carbonyl (C=O) groups excluding carboxylic acids is 1. The van der Waals surface area contributed by atoms with E-state index in [9.17, 15) is 4.79 Å². The zero-order valence-corrected chi connectivity index (χ0v) is 17.1. The van der Waals surface area contributed by atoms with Crippen LogP contribution in [0.3, 0.4) is 0 Å². The number of likely N-dealkylation sites (tertiary alicyclic amines) is 2. The number of piperidine rings is 2. The summed E-state index contributed by atoms with van der Waals surface area (Å²) in [7, 11) is 0. The number of carbonyl (C=O) groups is 1. The van der Waals surface area contributed by atoms with Crippen LogP contribution >= 0.6 is 11.3 Å². The fraction of sp³-hybridized carbons (Fsp3) is 0.619. The lowest BCUT2D eigenvalue weighted by Crippen LogP contribution is -2.45. The average molecular weight is 388 g/mol. The van der Waals surface area contributed by atoms with E-state index in [0.717, 1.165) is 74.2 Å². The molecule has 1 atom stereocenters. The molecule has 0 aromatic carbocycles. The van der Waals surface area contributed by atoms with Gasteiger partial charge >= 0.3 is 0 Å².